The lowest BCUT2D eigenvalue weighted by Gasteiger charge is -2.31. The zero-order valence-electron chi connectivity index (χ0n) is 14.9. The first-order chi connectivity index (χ1) is 12.6. The van der Waals surface area contributed by atoms with Crippen LogP contribution in [0.15, 0.2) is 6.07 Å². The van der Waals surface area contributed by atoms with Gasteiger partial charge in [-0.05, 0) is 50.7 Å². The van der Waals surface area contributed by atoms with Crippen LogP contribution in [0.25, 0.3) is 0 Å². The van der Waals surface area contributed by atoms with Gasteiger partial charge in [-0.1, -0.05) is 0 Å². The third kappa shape index (κ3) is 4.55. The fraction of sp³-hybridized carbons (Fsp3) is 0.611. The number of nitrogens with zero attached hydrogens (tertiary/aromatic N) is 1. The fourth-order valence-electron chi connectivity index (χ4n) is 3.32. The maximum absolute atomic E-state index is 12.1. The van der Waals surface area contributed by atoms with Gasteiger partial charge in [0, 0.05) is 24.0 Å². The molecular formula is C18H24N2O5S. The minimum absolute atomic E-state index is 0.0163. The number of aryl methyl sites for hydroxylation is 2. The van der Waals surface area contributed by atoms with Gasteiger partial charge in [0.2, 0.25) is 0 Å². The summed E-state index contributed by atoms with van der Waals surface area (Å²) < 4.78 is 10.1. The van der Waals surface area contributed by atoms with Crippen LogP contribution in [0.2, 0.25) is 0 Å². The first-order valence-corrected chi connectivity index (χ1v) is 9.88. The topological polar surface area (TPSA) is 84.9 Å². The zero-order chi connectivity index (χ0) is 18.5. The molecule has 2 aliphatic rings. The number of likely N-dealkylation sites (tertiary alicyclic amines) is 1. The molecule has 1 N–H and O–H groups in total. The minimum Gasteiger partial charge on any atom is -0.451 e. The molecular weight excluding hydrogens is 356 g/mol. The first-order valence-electron chi connectivity index (χ1n) is 9.06. The average Bonchev–Trinajstić information content (AvgIpc) is 3.22. The lowest BCUT2D eigenvalue weighted by Crippen LogP contribution is -2.47. The van der Waals surface area contributed by atoms with E-state index in [1.807, 2.05) is 6.07 Å². The van der Waals surface area contributed by atoms with Crippen molar-refractivity contribution in [3.63, 3.8) is 0 Å². The molecule has 0 aromatic carbocycles. The number of hydrogen-bond acceptors (Lipinski definition) is 6. The predicted molar refractivity (Wildman–Crippen MR) is 96.4 cm³/mol. The summed E-state index contributed by atoms with van der Waals surface area (Å²) in [7, 11) is 0. The van der Waals surface area contributed by atoms with E-state index in [0.29, 0.717) is 37.4 Å². The number of fused-ring (bicyclic) bond motifs is 1. The van der Waals surface area contributed by atoms with Gasteiger partial charge in [0.25, 0.3) is 5.91 Å². The molecule has 1 aromatic heterocycles. The first kappa shape index (κ1) is 18.7. The van der Waals surface area contributed by atoms with Crippen LogP contribution < -0.4 is 5.32 Å². The summed E-state index contributed by atoms with van der Waals surface area (Å²) in [6, 6.07) is 1.87. The lowest BCUT2D eigenvalue weighted by atomic mass is 10.1. The monoisotopic (exact) mass is 380 g/mol. The van der Waals surface area contributed by atoms with Gasteiger partial charge in [0.1, 0.15) is 4.88 Å². The van der Waals surface area contributed by atoms with Crippen molar-refractivity contribution in [2.75, 3.05) is 26.3 Å². The molecule has 2 heterocycles. The van der Waals surface area contributed by atoms with E-state index in [4.69, 9.17) is 9.47 Å². The van der Waals surface area contributed by atoms with Gasteiger partial charge in [-0.25, -0.2) is 9.59 Å². The van der Waals surface area contributed by atoms with Crippen LogP contribution in [-0.4, -0.2) is 55.2 Å². The van der Waals surface area contributed by atoms with Crippen LogP contribution in [0.5, 0.6) is 0 Å². The molecule has 0 spiro atoms. The molecule has 0 unspecified atom stereocenters. The quantitative estimate of drug-likeness (QED) is 0.791. The van der Waals surface area contributed by atoms with Gasteiger partial charge in [0.05, 0.1) is 6.61 Å². The highest BCUT2D eigenvalue weighted by Gasteiger charge is 2.25. The molecule has 0 radical (unpaired) electrons. The Hall–Kier alpha value is -2.09. The van der Waals surface area contributed by atoms with E-state index in [1.54, 1.807) is 11.8 Å². The molecule has 142 valence electrons. The highest BCUT2D eigenvalue weighted by Crippen LogP contribution is 2.30. The van der Waals surface area contributed by atoms with Gasteiger partial charge < -0.3 is 19.7 Å². The molecule has 0 atom stereocenters. The molecule has 1 aliphatic heterocycles. The lowest BCUT2D eigenvalue weighted by molar-refractivity contribution is -0.125. The summed E-state index contributed by atoms with van der Waals surface area (Å²) in [5.41, 5.74) is 1.24. The van der Waals surface area contributed by atoms with Crippen LogP contribution in [0.1, 0.15) is 46.3 Å². The molecule has 1 fully saturated rings. The standard InChI is InChI=1S/C18H24N2O5S/c1-2-24-18(23)20-8-6-13(7-9-20)19-16(21)11-25-17(22)15-10-12-4-3-5-14(12)26-15/h10,13H,2-9,11H2,1H3,(H,19,21). The number of rotatable bonds is 5. The summed E-state index contributed by atoms with van der Waals surface area (Å²) in [5, 5.41) is 2.86. The van der Waals surface area contributed by atoms with Crippen LogP contribution in [0, 0.1) is 0 Å². The van der Waals surface area contributed by atoms with Crippen LogP contribution >= 0.6 is 11.3 Å². The second-order valence-corrected chi connectivity index (χ2v) is 7.65. The van der Waals surface area contributed by atoms with Crippen molar-refractivity contribution < 1.29 is 23.9 Å². The molecule has 7 nitrogen and oxygen atoms in total. The Balaban J connectivity index is 1.38. The van der Waals surface area contributed by atoms with Crippen molar-refractivity contribution >= 4 is 29.3 Å². The van der Waals surface area contributed by atoms with Gasteiger partial charge in [-0.3, -0.25) is 4.79 Å². The highest BCUT2D eigenvalue weighted by molar-refractivity contribution is 7.14. The van der Waals surface area contributed by atoms with Crippen LogP contribution in [-0.2, 0) is 27.1 Å². The van der Waals surface area contributed by atoms with E-state index in [9.17, 15) is 14.4 Å². The number of ether oxygens (including phenoxy) is 2. The number of thiophene rings is 1. The van der Waals surface area contributed by atoms with Crippen molar-refractivity contribution in [1.82, 2.24) is 10.2 Å². The molecule has 0 saturated carbocycles. The summed E-state index contributed by atoms with van der Waals surface area (Å²) in [6.07, 6.45) is 4.21. The Labute approximate surface area is 156 Å². The van der Waals surface area contributed by atoms with Gasteiger partial charge in [-0.2, -0.15) is 0 Å². The smallest absolute Gasteiger partial charge is 0.409 e. The van der Waals surface area contributed by atoms with E-state index in [1.165, 1.54) is 21.8 Å². The van der Waals surface area contributed by atoms with Crippen molar-refractivity contribution in [3.05, 3.63) is 21.4 Å². The Morgan fingerprint density at radius 3 is 2.69 bits per heavy atom. The van der Waals surface area contributed by atoms with Crippen LogP contribution in [0.4, 0.5) is 4.79 Å². The second kappa shape index (κ2) is 8.53. The number of piperidine rings is 1. The SMILES string of the molecule is CCOC(=O)N1CCC(NC(=O)COC(=O)c2cc3c(s2)CCC3)CC1. The molecule has 2 amide bonds. The fourth-order valence-corrected chi connectivity index (χ4v) is 4.47. The molecule has 1 saturated heterocycles. The van der Waals surface area contributed by atoms with E-state index in [-0.39, 0.29) is 24.6 Å². The maximum Gasteiger partial charge on any atom is 0.409 e. The largest absolute Gasteiger partial charge is 0.451 e. The number of amides is 2. The molecule has 1 aromatic rings. The number of esters is 1. The van der Waals surface area contributed by atoms with Crippen LogP contribution in [0.3, 0.4) is 0 Å². The normalized spacial score (nSPS) is 16.9. The maximum atomic E-state index is 12.1. The average molecular weight is 380 g/mol. The Bertz CT molecular complexity index is 658. The summed E-state index contributed by atoms with van der Waals surface area (Å²) >= 11 is 1.47. The summed E-state index contributed by atoms with van der Waals surface area (Å²) in [6.45, 7) is 2.94. The number of carbonyl (C=O) groups is 3. The third-order valence-electron chi connectivity index (χ3n) is 4.67. The number of hydrogen-bond donors (Lipinski definition) is 1. The number of nitrogens with one attached hydrogen (secondary N) is 1. The van der Waals surface area contributed by atoms with E-state index in [0.717, 1.165) is 19.3 Å². The summed E-state index contributed by atoms with van der Waals surface area (Å²) in [5.74, 6) is -0.742. The van der Waals surface area contributed by atoms with Crippen molar-refractivity contribution in [2.24, 2.45) is 0 Å². The predicted octanol–water partition coefficient (Wildman–Crippen LogP) is 2.13. The summed E-state index contributed by atoms with van der Waals surface area (Å²) in [4.78, 5) is 39.2. The van der Waals surface area contributed by atoms with E-state index in [2.05, 4.69) is 5.32 Å². The number of carbonyl (C=O) groups excluding carboxylic acids is 3. The molecule has 26 heavy (non-hydrogen) atoms. The van der Waals surface area contributed by atoms with Gasteiger partial charge in [-0.15, -0.1) is 11.3 Å². The molecule has 3 rings (SSSR count). The second-order valence-electron chi connectivity index (χ2n) is 6.52. The minimum atomic E-state index is -0.434. The Morgan fingerprint density at radius 2 is 2.00 bits per heavy atom. The molecule has 0 bridgehead atoms. The third-order valence-corrected chi connectivity index (χ3v) is 5.89. The van der Waals surface area contributed by atoms with E-state index >= 15 is 0 Å². The Kier molecular flexibility index (Phi) is 6.13. The van der Waals surface area contributed by atoms with Crippen molar-refractivity contribution in [1.29, 1.82) is 0 Å². The Morgan fingerprint density at radius 1 is 1.23 bits per heavy atom. The van der Waals surface area contributed by atoms with Crippen molar-refractivity contribution in [3.8, 4) is 0 Å². The van der Waals surface area contributed by atoms with Gasteiger partial charge >= 0.3 is 12.1 Å². The molecule has 8 heteroatoms. The highest BCUT2D eigenvalue weighted by atomic mass is 32.1. The van der Waals surface area contributed by atoms with E-state index < -0.39 is 5.97 Å². The van der Waals surface area contributed by atoms with Gasteiger partial charge in [0.15, 0.2) is 6.61 Å². The zero-order valence-corrected chi connectivity index (χ0v) is 15.7. The molecule has 1 aliphatic carbocycles. The van der Waals surface area contributed by atoms with Crippen molar-refractivity contribution in [2.45, 2.75) is 45.1 Å².